The number of rotatable bonds is 8. The summed E-state index contributed by atoms with van der Waals surface area (Å²) in [7, 11) is 1.95. The van der Waals surface area contributed by atoms with Gasteiger partial charge < -0.3 is 15.2 Å². The van der Waals surface area contributed by atoms with E-state index < -0.39 is 0 Å². The van der Waals surface area contributed by atoms with Crippen molar-refractivity contribution in [3.63, 3.8) is 0 Å². The highest BCUT2D eigenvalue weighted by atomic mass is 15.3. The molecule has 1 aliphatic heterocycles. The second kappa shape index (κ2) is 8.55. The molecule has 5 rings (SSSR count). The largest absolute Gasteiger partial charge is 0.382 e. The Hall–Kier alpha value is -3.13. The molecule has 1 aliphatic rings. The number of aryl methyl sites for hydroxylation is 4. The van der Waals surface area contributed by atoms with Crippen molar-refractivity contribution < 1.29 is 0 Å². The molecule has 0 amide bonds. The maximum absolute atomic E-state index is 5.13. The van der Waals surface area contributed by atoms with E-state index in [1.54, 1.807) is 0 Å². The summed E-state index contributed by atoms with van der Waals surface area (Å²) >= 11 is 0. The first kappa shape index (κ1) is 19.8. The van der Waals surface area contributed by atoms with Crippen LogP contribution in [0.1, 0.15) is 30.3 Å². The average molecular weight is 419 g/mol. The molecule has 0 radical (unpaired) electrons. The summed E-state index contributed by atoms with van der Waals surface area (Å²) in [5, 5.41) is 15.8. The van der Waals surface area contributed by atoms with Crippen LogP contribution in [0.15, 0.2) is 43.0 Å². The average Bonchev–Trinajstić information content (AvgIpc) is 3.50. The van der Waals surface area contributed by atoms with Gasteiger partial charge in [0.05, 0.1) is 17.2 Å². The van der Waals surface area contributed by atoms with Crippen LogP contribution >= 0.6 is 0 Å². The van der Waals surface area contributed by atoms with Crippen molar-refractivity contribution in [1.29, 1.82) is 0 Å². The van der Waals surface area contributed by atoms with E-state index in [2.05, 4.69) is 50.7 Å². The van der Waals surface area contributed by atoms with Crippen LogP contribution in [0, 0.1) is 0 Å². The number of anilines is 1. The molecule has 0 aliphatic carbocycles. The number of fused-ring (bicyclic) bond motifs is 3. The van der Waals surface area contributed by atoms with Gasteiger partial charge in [-0.3, -0.25) is 9.36 Å². The van der Waals surface area contributed by atoms with Gasteiger partial charge in [0.2, 0.25) is 0 Å². The number of aromatic nitrogens is 6. The van der Waals surface area contributed by atoms with Gasteiger partial charge >= 0.3 is 0 Å². The van der Waals surface area contributed by atoms with Crippen molar-refractivity contribution >= 4 is 16.7 Å². The topological polar surface area (TPSA) is 77.5 Å². The molecule has 162 valence electrons. The van der Waals surface area contributed by atoms with E-state index in [-0.39, 0.29) is 0 Å². The summed E-state index contributed by atoms with van der Waals surface area (Å²) in [4.78, 5) is 5.13. The minimum absolute atomic E-state index is 0.517. The summed E-state index contributed by atoms with van der Waals surface area (Å²) < 4.78 is 6.20. The lowest BCUT2D eigenvalue weighted by atomic mass is 9.98. The number of nitrogens with one attached hydrogen (secondary N) is 2. The lowest BCUT2D eigenvalue weighted by molar-refractivity contribution is 0.554. The number of hydrogen-bond acceptors (Lipinski definition) is 5. The second-order valence-corrected chi connectivity index (χ2v) is 8.44. The molecule has 0 unspecified atom stereocenters. The molecule has 1 atom stereocenters. The van der Waals surface area contributed by atoms with Crippen LogP contribution in [0.2, 0.25) is 0 Å². The third-order valence-electron chi connectivity index (χ3n) is 6.06. The summed E-state index contributed by atoms with van der Waals surface area (Å²) in [6.07, 6.45) is 10.9. The van der Waals surface area contributed by atoms with Crippen LogP contribution in [0.4, 0.5) is 5.69 Å². The first-order valence-corrected chi connectivity index (χ1v) is 11.1. The first-order chi connectivity index (χ1) is 15.2. The molecule has 8 nitrogen and oxygen atoms in total. The minimum atomic E-state index is 0.517. The SMILES string of the molecule is C[C@H]1CCc2c(ccc3c2nc(CCn2cccn2)n3CCNCc2cnn(C)c2)N1. The molecule has 1 aromatic carbocycles. The zero-order valence-electron chi connectivity index (χ0n) is 18.3. The number of benzene rings is 1. The Morgan fingerprint density at radius 2 is 2.16 bits per heavy atom. The highest BCUT2D eigenvalue weighted by Gasteiger charge is 2.20. The quantitative estimate of drug-likeness (QED) is 0.430. The van der Waals surface area contributed by atoms with E-state index in [1.807, 2.05) is 41.1 Å². The van der Waals surface area contributed by atoms with Crippen LogP contribution < -0.4 is 10.6 Å². The van der Waals surface area contributed by atoms with E-state index in [0.717, 1.165) is 56.8 Å². The Morgan fingerprint density at radius 1 is 1.23 bits per heavy atom. The van der Waals surface area contributed by atoms with Crippen LogP contribution in [0.25, 0.3) is 11.0 Å². The van der Waals surface area contributed by atoms with Crippen LogP contribution in [0.3, 0.4) is 0 Å². The lowest BCUT2D eigenvalue weighted by Gasteiger charge is -2.24. The molecule has 4 aromatic rings. The normalized spacial score (nSPS) is 15.9. The van der Waals surface area contributed by atoms with Crippen LogP contribution in [-0.4, -0.2) is 41.7 Å². The van der Waals surface area contributed by atoms with Gasteiger partial charge in [0.25, 0.3) is 0 Å². The maximum atomic E-state index is 5.13. The standard InChI is InChI=1S/C23H30N8/c1-17-4-5-19-20(27-17)6-7-21-23(19)28-22(8-12-30-11-3-9-25-30)31(21)13-10-24-14-18-15-26-29(2)16-18/h3,6-7,9,11,15-17,24,27H,4-5,8,10,12-14H2,1-2H3/t17-/m0/s1. The van der Waals surface area contributed by atoms with Crippen molar-refractivity contribution in [3.05, 3.63) is 59.9 Å². The maximum Gasteiger partial charge on any atom is 0.111 e. The van der Waals surface area contributed by atoms with E-state index in [1.165, 1.54) is 22.3 Å². The zero-order chi connectivity index (χ0) is 21.2. The molecular weight excluding hydrogens is 388 g/mol. The molecule has 31 heavy (non-hydrogen) atoms. The Balaban J connectivity index is 1.38. The van der Waals surface area contributed by atoms with Crippen molar-refractivity contribution in [2.75, 3.05) is 11.9 Å². The third-order valence-corrected chi connectivity index (χ3v) is 6.06. The van der Waals surface area contributed by atoms with Gasteiger partial charge in [-0.25, -0.2) is 4.98 Å². The minimum Gasteiger partial charge on any atom is -0.382 e. The summed E-state index contributed by atoms with van der Waals surface area (Å²) in [6.45, 7) is 5.65. The van der Waals surface area contributed by atoms with Crippen LogP contribution in [-0.2, 0) is 39.5 Å². The summed E-state index contributed by atoms with van der Waals surface area (Å²) in [5.74, 6) is 1.13. The van der Waals surface area contributed by atoms with E-state index in [9.17, 15) is 0 Å². The monoisotopic (exact) mass is 418 g/mol. The van der Waals surface area contributed by atoms with Gasteiger partial charge in [0.15, 0.2) is 0 Å². The highest BCUT2D eigenvalue weighted by molar-refractivity contribution is 5.86. The van der Waals surface area contributed by atoms with E-state index >= 15 is 0 Å². The molecule has 0 bridgehead atoms. The molecule has 2 N–H and O–H groups in total. The van der Waals surface area contributed by atoms with Gasteiger partial charge in [-0.2, -0.15) is 10.2 Å². The van der Waals surface area contributed by atoms with Gasteiger partial charge in [-0.05, 0) is 38.0 Å². The third kappa shape index (κ3) is 4.20. The van der Waals surface area contributed by atoms with Crippen LogP contribution in [0.5, 0.6) is 0 Å². The van der Waals surface area contributed by atoms with E-state index in [4.69, 9.17) is 4.98 Å². The predicted molar refractivity (Wildman–Crippen MR) is 122 cm³/mol. The van der Waals surface area contributed by atoms with Crippen molar-refractivity contribution in [1.82, 2.24) is 34.4 Å². The first-order valence-electron chi connectivity index (χ1n) is 11.1. The lowest BCUT2D eigenvalue weighted by Crippen LogP contribution is -2.22. The molecule has 3 aromatic heterocycles. The molecule has 0 spiro atoms. The fourth-order valence-corrected chi connectivity index (χ4v) is 4.46. The molecule has 4 heterocycles. The van der Waals surface area contributed by atoms with Gasteiger partial charge in [0.1, 0.15) is 5.82 Å². The van der Waals surface area contributed by atoms with Crippen molar-refractivity contribution in [2.24, 2.45) is 7.05 Å². The van der Waals surface area contributed by atoms with Gasteiger partial charge in [-0.15, -0.1) is 0 Å². The number of imidazole rings is 1. The number of nitrogens with zero attached hydrogens (tertiary/aromatic N) is 6. The second-order valence-electron chi connectivity index (χ2n) is 8.44. The summed E-state index contributed by atoms with van der Waals surface area (Å²) in [6, 6.07) is 6.94. The molecule has 0 saturated heterocycles. The Kier molecular flexibility index (Phi) is 5.46. The Bertz CT molecular complexity index is 1150. The number of hydrogen-bond donors (Lipinski definition) is 2. The van der Waals surface area contributed by atoms with Gasteiger partial charge in [-0.1, -0.05) is 0 Å². The Morgan fingerprint density at radius 3 is 2.97 bits per heavy atom. The fourth-order valence-electron chi connectivity index (χ4n) is 4.46. The van der Waals surface area contributed by atoms with Gasteiger partial charge in [0, 0.05) is 81.1 Å². The van der Waals surface area contributed by atoms with E-state index in [0.29, 0.717) is 6.04 Å². The molecule has 8 heteroatoms. The molecular formula is C23H30N8. The van der Waals surface area contributed by atoms with Crippen molar-refractivity contribution in [3.8, 4) is 0 Å². The molecule has 0 fully saturated rings. The molecule has 0 saturated carbocycles. The van der Waals surface area contributed by atoms with Crippen molar-refractivity contribution in [2.45, 2.75) is 51.9 Å². The summed E-state index contributed by atoms with van der Waals surface area (Å²) in [5.41, 5.74) is 6.18. The smallest absolute Gasteiger partial charge is 0.111 e. The highest BCUT2D eigenvalue weighted by Crippen LogP contribution is 2.32. The zero-order valence-corrected chi connectivity index (χ0v) is 18.3. The fraction of sp³-hybridized carbons (Fsp3) is 0.435. The Labute approximate surface area is 182 Å². The predicted octanol–water partition coefficient (Wildman–Crippen LogP) is 2.75.